The lowest BCUT2D eigenvalue weighted by molar-refractivity contribution is -0.121. The number of nitrogens with zero attached hydrogens (tertiary/aromatic N) is 2. The van der Waals surface area contributed by atoms with Crippen LogP contribution in [-0.2, 0) is 4.79 Å². The van der Waals surface area contributed by atoms with Gasteiger partial charge in [-0.1, -0.05) is 0 Å². The first-order valence-electron chi connectivity index (χ1n) is 7.36. The largest absolute Gasteiger partial charge is 0.359 e. The second-order valence-electron chi connectivity index (χ2n) is 5.13. The van der Waals surface area contributed by atoms with Gasteiger partial charge in [0.25, 0.3) is 0 Å². The van der Waals surface area contributed by atoms with Crippen molar-refractivity contribution < 1.29 is 4.79 Å². The summed E-state index contributed by atoms with van der Waals surface area (Å²) in [4.78, 5) is 18.1. The molecule has 0 bridgehead atoms. The van der Waals surface area contributed by atoms with Crippen LogP contribution in [0, 0.1) is 5.92 Å². The summed E-state index contributed by atoms with van der Waals surface area (Å²) < 4.78 is 0. The number of halogens is 1. The van der Waals surface area contributed by atoms with Crippen molar-refractivity contribution in [1.29, 1.82) is 0 Å². The summed E-state index contributed by atoms with van der Waals surface area (Å²) in [6.45, 7) is 2.96. The van der Waals surface area contributed by atoms with Gasteiger partial charge in [0.15, 0.2) is 5.96 Å². The summed E-state index contributed by atoms with van der Waals surface area (Å²) in [6.07, 6.45) is 6.08. The average molecular weight is 428 g/mol. The standard InChI is InChI=1S/C14H28N4OS.HI/c1-15-13(19)11-12-5-8-18(9-6-12)14(16-2)17-7-4-10-20-3;/h12H,4-11H2,1-3H3,(H,15,19)(H,16,17);1H. The number of piperidine rings is 1. The van der Waals surface area contributed by atoms with Gasteiger partial charge in [-0.2, -0.15) is 11.8 Å². The Kier molecular flexibility index (Phi) is 12.3. The van der Waals surface area contributed by atoms with Gasteiger partial charge >= 0.3 is 0 Å². The van der Waals surface area contributed by atoms with Crippen molar-refractivity contribution in [3.05, 3.63) is 0 Å². The highest BCUT2D eigenvalue weighted by atomic mass is 127. The molecule has 0 saturated carbocycles. The molecule has 124 valence electrons. The molecule has 1 saturated heterocycles. The fraction of sp³-hybridized carbons (Fsp3) is 0.857. The smallest absolute Gasteiger partial charge is 0.220 e. The molecule has 0 spiro atoms. The Labute approximate surface area is 150 Å². The molecule has 2 N–H and O–H groups in total. The highest BCUT2D eigenvalue weighted by molar-refractivity contribution is 14.0. The predicted molar refractivity (Wildman–Crippen MR) is 103 cm³/mol. The molecule has 1 fully saturated rings. The number of carbonyl (C=O) groups excluding carboxylic acids is 1. The molecule has 0 aliphatic carbocycles. The molecule has 0 aromatic rings. The Hall–Kier alpha value is -0.180. The maximum atomic E-state index is 11.4. The zero-order chi connectivity index (χ0) is 14.8. The minimum absolute atomic E-state index is 0. The van der Waals surface area contributed by atoms with Crippen LogP contribution in [0.1, 0.15) is 25.7 Å². The van der Waals surface area contributed by atoms with Crippen LogP contribution < -0.4 is 10.6 Å². The van der Waals surface area contributed by atoms with Crippen LogP contribution in [0.4, 0.5) is 0 Å². The first-order valence-corrected chi connectivity index (χ1v) is 8.75. The van der Waals surface area contributed by atoms with E-state index < -0.39 is 0 Å². The molecule has 1 aliphatic heterocycles. The van der Waals surface area contributed by atoms with Crippen molar-refractivity contribution in [3.8, 4) is 0 Å². The summed E-state index contributed by atoms with van der Waals surface area (Å²) in [5, 5.41) is 6.13. The maximum absolute atomic E-state index is 11.4. The highest BCUT2D eigenvalue weighted by Crippen LogP contribution is 2.20. The second kappa shape index (κ2) is 12.4. The molecular weight excluding hydrogens is 399 g/mol. The van der Waals surface area contributed by atoms with E-state index >= 15 is 0 Å². The number of nitrogens with one attached hydrogen (secondary N) is 2. The summed E-state index contributed by atoms with van der Waals surface area (Å²) in [5.74, 6) is 2.85. The van der Waals surface area contributed by atoms with Crippen LogP contribution in [0.25, 0.3) is 0 Å². The SMILES string of the molecule is CN=C(NCCCSC)N1CCC(CC(=O)NC)CC1.I. The lowest BCUT2D eigenvalue weighted by atomic mass is 9.93. The number of amides is 1. The van der Waals surface area contributed by atoms with Gasteiger partial charge in [-0.15, -0.1) is 24.0 Å². The van der Waals surface area contributed by atoms with E-state index in [1.54, 1.807) is 7.05 Å². The van der Waals surface area contributed by atoms with Crippen molar-refractivity contribution in [2.24, 2.45) is 10.9 Å². The Bertz CT molecular complexity index is 320. The topological polar surface area (TPSA) is 56.7 Å². The normalized spacial score (nSPS) is 16.3. The van der Waals surface area contributed by atoms with E-state index in [0.29, 0.717) is 12.3 Å². The van der Waals surface area contributed by atoms with Crippen molar-refractivity contribution in [2.75, 3.05) is 45.7 Å². The number of guanidine groups is 1. The molecule has 7 heteroatoms. The maximum Gasteiger partial charge on any atom is 0.220 e. The van der Waals surface area contributed by atoms with E-state index in [-0.39, 0.29) is 29.9 Å². The minimum atomic E-state index is 0. The van der Waals surface area contributed by atoms with E-state index in [2.05, 4.69) is 26.8 Å². The first-order chi connectivity index (χ1) is 9.71. The third-order valence-electron chi connectivity index (χ3n) is 3.69. The van der Waals surface area contributed by atoms with Gasteiger partial charge in [0.1, 0.15) is 0 Å². The predicted octanol–water partition coefficient (Wildman–Crippen LogP) is 1.78. The zero-order valence-electron chi connectivity index (χ0n) is 13.4. The highest BCUT2D eigenvalue weighted by Gasteiger charge is 2.22. The van der Waals surface area contributed by atoms with E-state index in [9.17, 15) is 4.79 Å². The number of likely N-dealkylation sites (tertiary alicyclic amines) is 1. The molecular formula is C14H29IN4OS. The van der Waals surface area contributed by atoms with Gasteiger partial charge in [0.05, 0.1) is 0 Å². The Morgan fingerprint density at radius 1 is 1.38 bits per heavy atom. The third kappa shape index (κ3) is 8.13. The van der Waals surface area contributed by atoms with Gasteiger partial charge in [-0.25, -0.2) is 0 Å². The van der Waals surface area contributed by atoms with E-state index in [1.807, 2.05) is 18.8 Å². The second-order valence-corrected chi connectivity index (χ2v) is 6.11. The summed E-state index contributed by atoms with van der Waals surface area (Å²) in [5.41, 5.74) is 0. The summed E-state index contributed by atoms with van der Waals surface area (Å²) >= 11 is 1.87. The van der Waals surface area contributed by atoms with Gasteiger partial charge in [-0.05, 0) is 37.2 Å². The molecule has 0 atom stereocenters. The van der Waals surface area contributed by atoms with Crippen LogP contribution in [0.2, 0.25) is 0 Å². The summed E-state index contributed by atoms with van der Waals surface area (Å²) in [7, 11) is 3.55. The lowest BCUT2D eigenvalue weighted by Crippen LogP contribution is -2.46. The van der Waals surface area contributed by atoms with E-state index in [1.165, 1.54) is 5.75 Å². The molecule has 1 amide bonds. The van der Waals surface area contributed by atoms with Gasteiger partial charge in [0, 0.05) is 40.2 Å². The molecule has 21 heavy (non-hydrogen) atoms. The number of thioether (sulfide) groups is 1. The van der Waals surface area contributed by atoms with Crippen molar-refractivity contribution in [1.82, 2.24) is 15.5 Å². The fourth-order valence-corrected chi connectivity index (χ4v) is 2.90. The van der Waals surface area contributed by atoms with Gasteiger partial charge < -0.3 is 15.5 Å². The van der Waals surface area contributed by atoms with Gasteiger partial charge in [0.2, 0.25) is 5.91 Å². The van der Waals surface area contributed by atoms with Crippen LogP contribution >= 0.6 is 35.7 Å². The number of hydrogen-bond acceptors (Lipinski definition) is 3. The van der Waals surface area contributed by atoms with Crippen LogP contribution in [0.15, 0.2) is 4.99 Å². The molecule has 1 aliphatic rings. The zero-order valence-corrected chi connectivity index (χ0v) is 16.5. The lowest BCUT2D eigenvalue weighted by Gasteiger charge is -2.34. The van der Waals surface area contributed by atoms with Crippen molar-refractivity contribution >= 4 is 47.6 Å². The minimum Gasteiger partial charge on any atom is -0.359 e. The third-order valence-corrected chi connectivity index (χ3v) is 4.38. The molecule has 1 rings (SSSR count). The molecule has 0 radical (unpaired) electrons. The molecule has 0 aromatic carbocycles. The molecule has 0 aromatic heterocycles. The molecule has 1 heterocycles. The number of hydrogen-bond donors (Lipinski definition) is 2. The quantitative estimate of drug-likeness (QED) is 0.293. The first kappa shape index (κ1) is 20.8. The van der Waals surface area contributed by atoms with E-state index in [0.717, 1.165) is 44.9 Å². The fourth-order valence-electron chi connectivity index (χ4n) is 2.46. The monoisotopic (exact) mass is 428 g/mol. The van der Waals surface area contributed by atoms with Crippen molar-refractivity contribution in [3.63, 3.8) is 0 Å². The summed E-state index contributed by atoms with van der Waals surface area (Å²) in [6, 6.07) is 0. The number of aliphatic imine (C=N–C) groups is 1. The number of rotatable bonds is 6. The molecule has 5 nitrogen and oxygen atoms in total. The molecule has 0 unspecified atom stereocenters. The van der Waals surface area contributed by atoms with Crippen molar-refractivity contribution in [2.45, 2.75) is 25.7 Å². The van der Waals surface area contributed by atoms with Crippen LogP contribution in [0.5, 0.6) is 0 Å². The number of carbonyl (C=O) groups is 1. The van der Waals surface area contributed by atoms with Gasteiger partial charge in [-0.3, -0.25) is 9.79 Å². The van der Waals surface area contributed by atoms with Crippen LogP contribution in [-0.4, -0.2) is 62.5 Å². The Morgan fingerprint density at radius 3 is 2.57 bits per heavy atom. The Balaban J connectivity index is 0.00000400. The Morgan fingerprint density at radius 2 is 2.05 bits per heavy atom. The van der Waals surface area contributed by atoms with E-state index in [4.69, 9.17) is 0 Å². The average Bonchev–Trinajstić information content (AvgIpc) is 2.48. The van der Waals surface area contributed by atoms with Crippen LogP contribution in [0.3, 0.4) is 0 Å².